The fraction of sp³-hybridized carbons (Fsp3) is 0.333. The van der Waals surface area contributed by atoms with Gasteiger partial charge in [-0.1, -0.05) is 55.0 Å². The summed E-state index contributed by atoms with van der Waals surface area (Å²) >= 11 is 3.36. The molecule has 0 spiro atoms. The Labute approximate surface area is 245 Å². The molecule has 2 atom stereocenters. The number of halogens is 1. The largest absolute Gasteiger partial charge is 0.496 e. The second kappa shape index (κ2) is 13.8. The first-order chi connectivity index (χ1) is 19.0. The molecule has 10 heteroatoms. The molecule has 0 unspecified atom stereocenters. The van der Waals surface area contributed by atoms with Crippen LogP contribution in [0.4, 0.5) is 5.69 Å². The van der Waals surface area contributed by atoms with Crippen molar-refractivity contribution < 1.29 is 22.7 Å². The summed E-state index contributed by atoms with van der Waals surface area (Å²) < 4.78 is 34.8. The van der Waals surface area contributed by atoms with Crippen LogP contribution in [-0.2, 0) is 26.2 Å². The highest BCUT2D eigenvalue weighted by molar-refractivity contribution is 9.10. The summed E-state index contributed by atoms with van der Waals surface area (Å²) in [5.74, 6) is -0.332. The van der Waals surface area contributed by atoms with Crippen LogP contribution < -0.4 is 14.4 Å². The Bertz CT molecular complexity index is 1420. The minimum atomic E-state index is -4.19. The number of nitrogens with one attached hydrogen (secondary N) is 1. The highest BCUT2D eigenvalue weighted by Gasteiger charge is 2.33. The number of hydrogen-bond acceptors (Lipinski definition) is 5. The molecule has 0 fully saturated rings. The number of amides is 2. The second-order valence-electron chi connectivity index (χ2n) is 9.64. The fourth-order valence-electron chi connectivity index (χ4n) is 4.00. The summed E-state index contributed by atoms with van der Waals surface area (Å²) in [6.45, 7) is 7.06. The monoisotopic (exact) mass is 629 g/mol. The van der Waals surface area contributed by atoms with Gasteiger partial charge in [-0.05, 0) is 79.0 Å². The van der Waals surface area contributed by atoms with E-state index < -0.39 is 28.5 Å². The van der Waals surface area contributed by atoms with E-state index >= 15 is 0 Å². The van der Waals surface area contributed by atoms with Gasteiger partial charge in [-0.3, -0.25) is 13.9 Å². The molecule has 0 saturated heterocycles. The molecule has 0 bridgehead atoms. The normalized spacial score (nSPS) is 12.8. The van der Waals surface area contributed by atoms with Gasteiger partial charge in [0.15, 0.2) is 0 Å². The van der Waals surface area contributed by atoms with Crippen LogP contribution in [0.25, 0.3) is 0 Å². The zero-order valence-corrected chi connectivity index (χ0v) is 25.8. The van der Waals surface area contributed by atoms with Gasteiger partial charge in [0.25, 0.3) is 10.0 Å². The van der Waals surface area contributed by atoms with Gasteiger partial charge in [0.05, 0.1) is 22.2 Å². The third kappa shape index (κ3) is 7.63. The number of ether oxygens (including phenoxy) is 1. The summed E-state index contributed by atoms with van der Waals surface area (Å²) in [5.41, 5.74) is 2.10. The molecule has 0 radical (unpaired) electrons. The van der Waals surface area contributed by atoms with Crippen LogP contribution in [0.2, 0.25) is 0 Å². The Hall–Kier alpha value is -3.37. The van der Waals surface area contributed by atoms with Crippen molar-refractivity contribution in [3.8, 4) is 5.75 Å². The fourth-order valence-corrected chi connectivity index (χ4v) is 6.14. The van der Waals surface area contributed by atoms with Gasteiger partial charge in [0.1, 0.15) is 18.3 Å². The number of carbonyl (C=O) groups is 2. The van der Waals surface area contributed by atoms with Crippen molar-refractivity contribution in [1.29, 1.82) is 0 Å². The maximum atomic E-state index is 14.0. The molecule has 214 valence electrons. The first-order valence-corrected chi connectivity index (χ1v) is 15.3. The molecule has 3 rings (SSSR count). The first-order valence-electron chi connectivity index (χ1n) is 13.0. The van der Waals surface area contributed by atoms with Gasteiger partial charge in [0.2, 0.25) is 11.8 Å². The summed E-state index contributed by atoms with van der Waals surface area (Å²) in [5, 5.41) is 2.93. The predicted octanol–water partition coefficient (Wildman–Crippen LogP) is 5.29. The maximum Gasteiger partial charge on any atom is 0.264 e. The smallest absolute Gasteiger partial charge is 0.264 e. The average Bonchev–Trinajstić information content (AvgIpc) is 2.95. The van der Waals surface area contributed by atoms with Crippen molar-refractivity contribution in [3.63, 3.8) is 0 Å². The number of sulfonamides is 1. The Morgan fingerprint density at radius 1 is 1.00 bits per heavy atom. The number of hydrogen-bond donors (Lipinski definition) is 1. The third-order valence-corrected chi connectivity index (χ3v) is 9.07. The molecule has 3 aromatic carbocycles. The third-order valence-electron chi connectivity index (χ3n) is 6.68. The molecular weight excluding hydrogens is 594 g/mol. The van der Waals surface area contributed by atoms with Gasteiger partial charge in [-0.15, -0.1) is 0 Å². The topological polar surface area (TPSA) is 96.0 Å². The Kier molecular flexibility index (Phi) is 10.8. The molecule has 40 heavy (non-hydrogen) atoms. The van der Waals surface area contributed by atoms with Crippen LogP contribution in [-0.4, -0.2) is 50.9 Å². The molecule has 0 aromatic heterocycles. The molecule has 0 aliphatic heterocycles. The van der Waals surface area contributed by atoms with Gasteiger partial charge >= 0.3 is 0 Å². The zero-order chi connectivity index (χ0) is 29.4. The summed E-state index contributed by atoms with van der Waals surface area (Å²) in [7, 11) is -2.69. The summed E-state index contributed by atoms with van der Waals surface area (Å²) in [4.78, 5) is 28.5. The number of anilines is 1. The lowest BCUT2D eigenvalue weighted by Gasteiger charge is -2.32. The van der Waals surface area contributed by atoms with Gasteiger partial charge in [-0.2, -0.15) is 0 Å². The molecule has 8 nitrogen and oxygen atoms in total. The maximum absolute atomic E-state index is 14.0. The quantitative estimate of drug-likeness (QED) is 0.294. The molecule has 2 amide bonds. The van der Waals surface area contributed by atoms with E-state index in [1.165, 1.54) is 24.1 Å². The summed E-state index contributed by atoms with van der Waals surface area (Å²) in [6, 6.07) is 19.7. The molecule has 0 aliphatic rings. The highest BCUT2D eigenvalue weighted by Crippen LogP contribution is 2.31. The minimum absolute atomic E-state index is 0.00859. The van der Waals surface area contributed by atoms with E-state index in [1.807, 2.05) is 51.1 Å². The Morgan fingerprint density at radius 2 is 1.65 bits per heavy atom. The predicted molar refractivity (Wildman–Crippen MR) is 161 cm³/mol. The van der Waals surface area contributed by atoms with Gasteiger partial charge in [-0.25, -0.2) is 8.42 Å². The SMILES string of the molecule is CC[C@@H](C)NC(=O)[C@H](C)N(Cc1ccccc1)C(=O)CN(c1ccc(C)cc1)S(=O)(=O)c1ccc(OC)c(Br)c1. The van der Waals surface area contributed by atoms with Crippen LogP contribution in [0.5, 0.6) is 5.75 Å². The first kappa shape index (κ1) is 31.2. The van der Waals surface area contributed by atoms with Crippen molar-refractivity contribution in [3.05, 3.63) is 88.4 Å². The van der Waals surface area contributed by atoms with Crippen LogP contribution in [0.3, 0.4) is 0 Å². The minimum Gasteiger partial charge on any atom is -0.496 e. The van der Waals surface area contributed by atoms with E-state index in [4.69, 9.17) is 4.74 Å². The molecule has 0 heterocycles. The number of methoxy groups -OCH3 is 1. The zero-order valence-electron chi connectivity index (χ0n) is 23.4. The van der Waals surface area contributed by atoms with Crippen LogP contribution in [0, 0.1) is 6.92 Å². The molecule has 3 aromatic rings. The molecule has 1 N–H and O–H groups in total. The van der Waals surface area contributed by atoms with Crippen LogP contribution in [0.15, 0.2) is 82.2 Å². The van der Waals surface area contributed by atoms with E-state index in [2.05, 4.69) is 21.2 Å². The van der Waals surface area contributed by atoms with Crippen molar-refractivity contribution in [2.45, 2.75) is 57.6 Å². The van der Waals surface area contributed by atoms with Gasteiger partial charge in [0, 0.05) is 12.6 Å². The Balaban J connectivity index is 2.03. The average molecular weight is 631 g/mol. The van der Waals surface area contributed by atoms with Crippen molar-refractivity contribution in [2.24, 2.45) is 0 Å². The van der Waals surface area contributed by atoms with Gasteiger partial charge < -0.3 is 15.0 Å². The number of rotatable bonds is 12. The standard InChI is InChI=1S/C30H36BrN3O5S/c1-6-22(3)32-30(36)23(4)33(19-24-10-8-7-9-11-24)29(35)20-34(25-14-12-21(2)13-15-25)40(37,38)26-16-17-28(39-5)27(31)18-26/h7-18,22-23H,6,19-20H2,1-5H3,(H,32,36)/t22-,23+/m1/s1. The van der Waals surface area contributed by atoms with E-state index in [9.17, 15) is 18.0 Å². The van der Waals surface area contributed by atoms with Crippen LogP contribution >= 0.6 is 15.9 Å². The molecule has 0 saturated carbocycles. The van der Waals surface area contributed by atoms with E-state index in [0.29, 0.717) is 15.9 Å². The highest BCUT2D eigenvalue weighted by atomic mass is 79.9. The summed E-state index contributed by atoms with van der Waals surface area (Å²) in [6.07, 6.45) is 0.738. The van der Waals surface area contributed by atoms with Crippen molar-refractivity contribution in [1.82, 2.24) is 10.2 Å². The van der Waals surface area contributed by atoms with Crippen molar-refractivity contribution in [2.75, 3.05) is 18.0 Å². The van der Waals surface area contributed by atoms with E-state index in [1.54, 1.807) is 37.3 Å². The number of nitrogens with zero attached hydrogens (tertiary/aromatic N) is 2. The molecule has 0 aliphatic carbocycles. The van der Waals surface area contributed by atoms with Crippen molar-refractivity contribution >= 4 is 43.5 Å². The Morgan fingerprint density at radius 3 is 2.23 bits per heavy atom. The lowest BCUT2D eigenvalue weighted by molar-refractivity contribution is -0.139. The lowest BCUT2D eigenvalue weighted by atomic mass is 10.1. The van der Waals surface area contributed by atoms with E-state index in [-0.39, 0.29) is 23.4 Å². The van der Waals surface area contributed by atoms with E-state index in [0.717, 1.165) is 21.9 Å². The number of carbonyl (C=O) groups excluding carboxylic acids is 2. The number of aryl methyl sites for hydroxylation is 1. The second-order valence-corrected chi connectivity index (χ2v) is 12.4. The lowest BCUT2D eigenvalue weighted by Crippen LogP contribution is -2.52. The number of benzene rings is 3. The van der Waals surface area contributed by atoms with Crippen LogP contribution in [0.1, 0.15) is 38.3 Å². The molecular formula is C30H36BrN3O5S.